The summed E-state index contributed by atoms with van der Waals surface area (Å²) in [6, 6.07) is 7.43. The van der Waals surface area contributed by atoms with Crippen molar-refractivity contribution in [2.24, 2.45) is 13.0 Å². The van der Waals surface area contributed by atoms with Crippen LogP contribution in [0.3, 0.4) is 0 Å². The summed E-state index contributed by atoms with van der Waals surface area (Å²) in [5, 5.41) is 0. The first-order valence-corrected chi connectivity index (χ1v) is 6.92. The molecule has 0 atom stereocenters. The molecule has 0 saturated carbocycles. The minimum atomic E-state index is -0.0162. The standard InChI is InChI=1S/C16H18N4O/c1-9(2)15(21)10-4-5-12-13(6-10)19-16(18-12)14-7-11(17)8-20(14)3/h4-9H,17H2,1-3H3,(H,18,19). The number of imidazole rings is 1. The highest BCUT2D eigenvalue weighted by Crippen LogP contribution is 2.24. The highest BCUT2D eigenvalue weighted by molar-refractivity contribution is 6.00. The fourth-order valence-electron chi connectivity index (χ4n) is 2.44. The van der Waals surface area contributed by atoms with Crippen LogP contribution >= 0.6 is 0 Å². The maximum absolute atomic E-state index is 12.1. The third kappa shape index (κ3) is 2.31. The lowest BCUT2D eigenvalue weighted by molar-refractivity contribution is 0.0939. The summed E-state index contributed by atoms with van der Waals surface area (Å²) >= 11 is 0. The number of hydrogen-bond acceptors (Lipinski definition) is 3. The molecule has 0 saturated heterocycles. The van der Waals surface area contributed by atoms with Gasteiger partial charge in [-0.3, -0.25) is 4.79 Å². The molecule has 108 valence electrons. The van der Waals surface area contributed by atoms with Gasteiger partial charge in [0.2, 0.25) is 0 Å². The fraction of sp³-hybridized carbons (Fsp3) is 0.250. The molecule has 0 bridgehead atoms. The Morgan fingerprint density at radius 2 is 2.10 bits per heavy atom. The number of rotatable bonds is 3. The lowest BCUT2D eigenvalue weighted by atomic mass is 10.0. The number of fused-ring (bicyclic) bond motifs is 1. The topological polar surface area (TPSA) is 76.7 Å². The average molecular weight is 282 g/mol. The molecule has 3 aromatic rings. The Kier molecular flexibility index (Phi) is 3.05. The van der Waals surface area contributed by atoms with Gasteiger partial charge in [-0.05, 0) is 24.3 Å². The first kappa shape index (κ1) is 13.4. The van der Waals surface area contributed by atoms with Crippen molar-refractivity contribution in [3.63, 3.8) is 0 Å². The quantitative estimate of drug-likeness (QED) is 0.725. The predicted octanol–water partition coefficient (Wildman–Crippen LogP) is 2.99. The number of hydrogen-bond donors (Lipinski definition) is 2. The van der Waals surface area contributed by atoms with Crippen LogP contribution in [0.2, 0.25) is 0 Å². The minimum Gasteiger partial charge on any atom is -0.397 e. The monoisotopic (exact) mass is 282 g/mol. The van der Waals surface area contributed by atoms with Crippen molar-refractivity contribution in [1.29, 1.82) is 0 Å². The average Bonchev–Trinajstić information content (AvgIpc) is 2.99. The number of H-pyrrole nitrogens is 1. The molecular formula is C16H18N4O. The van der Waals surface area contributed by atoms with Gasteiger partial charge in [-0.1, -0.05) is 13.8 Å². The van der Waals surface area contributed by atoms with Gasteiger partial charge >= 0.3 is 0 Å². The summed E-state index contributed by atoms with van der Waals surface area (Å²) in [7, 11) is 1.92. The van der Waals surface area contributed by atoms with Crippen molar-refractivity contribution in [3.05, 3.63) is 36.0 Å². The van der Waals surface area contributed by atoms with Crippen molar-refractivity contribution < 1.29 is 4.79 Å². The van der Waals surface area contributed by atoms with E-state index >= 15 is 0 Å². The Hall–Kier alpha value is -2.56. The SMILES string of the molecule is CC(C)C(=O)c1ccc2nc(-c3cc(N)cn3C)[nH]c2c1. The Morgan fingerprint density at radius 1 is 1.33 bits per heavy atom. The van der Waals surface area contributed by atoms with Crippen LogP contribution in [-0.2, 0) is 7.05 Å². The second kappa shape index (κ2) is 4.77. The van der Waals surface area contributed by atoms with Crippen molar-refractivity contribution in [3.8, 4) is 11.5 Å². The molecule has 3 rings (SSSR count). The zero-order valence-corrected chi connectivity index (χ0v) is 12.3. The van der Waals surface area contributed by atoms with E-state index < -0.39 is 0 Å². The van der Waals surface area contributed by atoms with Crippen LogP contribution in [-0.4, -0.2) is 20.3 Å². The number of aromatic amines is 1. The largest absolute Gasteiger partial charge is 0.397 e. The first-order valence-electron chi connectivity index (χ1n) is 6.92. The second-order valence-electron chi connectivity index (χ2n) is 5.61. The molecule has 2 heterocycles. The van der Waals surface area contributed by atoms with Crippen LogP contribution in [0.1, 0.15) is 24.2 Å². The number of carbonyl (C=O) groups excluding carboxylic acids is 1. The fourth-order valence-corrected chi connectivity index (χ4v) is 2.44. The Balaban J connectivity index is 2.08. The number of aryl methyl sites for hydroxylation is 1. The maximum Gasteiger partial charge on any atom is 0.165 e. The lowest BCUT2D eigenvalue weighted by Crippen LogP contribution is -2.06. The van der Waals surface area contributed by atoms with Crippen LogP contribution in [0.25, 0.3) is 22.6 Å². The molecule has 1 aromatic carbocycles. The molecule has 21 heavy (non-hydrogen) atoms. The molecule has 0 spiro atoms. The molecular weight excluding hydrogens is 264 g/mol. The van der Waals surface area contributed by atoms with Gasteiger partial charge in [0.1, 0.15) is 0 Å². The highest BCUT2D eigenvalue weighted by Gasteiger charge is 2.14. The van der Waals surface area contributed by atoms with E-state index in [1.54, 1.807) is 0 Å². The second-order valence-corrected chi connectivity index (χ2v) is 5.61. The van der Waals surface area contributed by atoms with Crippen LogP contribution in [0.5, 0.6) is 0 Å². The summed E-state index contributed by atoms with van der Waals surface area (Å²) in [5.41, 5.74) is 9.82. The van der Waals surface area contributed by atoms with Crippen molar-refractivity contribution in [2.45, 2.75) is 13.8 Å². The number of nitrogen functional groups attached to an aromatic ring is 1. The Bertz CT molecular complexity index is 826. The molecule has 0 fully saturated rings. The number of nitrogens with zero attached hydrogens (tertiary/aromatic N) is 2. The lowest BCUT2D eigenvalue weighted by Gasteiger charge is -2.03. The van der Waals surface area contributed by atoms with Gasteiger partial charge in [-0.2, -0.15) is 0 Å². The van der Waals surface area contributed by atoms with E-state index in [1.807, 2.05) is 55.9 Å². The van der Waals surface area contributed by atoms with Crippen LogP contribution in [0.15, 0.2) is 30.5 Å². The van der Waals surface area contributed by atoms with E-state index in [9.17, 15) is 4.79 Å². The zero-order chi connectivity index (χ0) is 15.1. The zero-order valence-electron chi connectivity index (χ0n) is 12.3. The van der Waals surface area contributed by atoms with E-state index in [2.05, 4.69) is 9.97 Å². The van der Waals surface area contributed by atoms with Gasteiger partial charge in [-0.25, -0.2) is 4.98 Å². The number of nitrogens with two attached hydrogens (primary N) is 1. The number of anilines is 1. The number of benzene rings is 1. The molecule has 5 heteroatoms. The Labute approximate surface area is 122 Å². The molecule has 2 aromatic heterocycles. The van der Waals surface area contributed by atoms with E-state index in [4.69, 9.17) is 5.73 Å². The molecule has 0 amide bonds. The van der Waals surface area contributed by atoms with Gasteiger partial charge < -0.3 is 15.3 Å². The van der Waals surface area contributed by atoms with Gasteiger partial charge in [0, 0.05) is 24.7 Å². The van der Waals surface area contributed by atoms with Crippen LogP contribution in [0, 0.1) is 5.92 Å². The van der Waals surface area contributed by atoms with E-state index in [0.29, 0.717) is 11.3 Å². The summed E-state index contributed by atoms with van der Waals surface area (Å²) in [4.78, 5) is 19.9. The summed E-state index contributed by atoms with van der Waals surface area (Å²) in [5.74, 6) is 0.868. The summed E-state index contributed by atoms with van der Waals surface area (Å²) < 4.78 is 1.92. The predicted molar refractivity (Wildman–Crippen MR) is 84.1 cm³/mol. The maximum atomic E-state index is 12.1. The van der Waals surface area contributed by atoms with Gasteiger partial charge in [-0.15, -0.1) is 0 Å². The van der Waals surface area contributed by atoms with Gasteiger partial charge in [0.25, 0.3) is 0 Å². The summed E-state index contributed by atoms with van der Waals surface area (Å²) in [6.45, 7) is 3.80. The van der Waals surface area contributed by atoms with Crippen LogP contribution < -0.4 is 5.73 Å². The van der Waals surface area contributed by atoms with Crippen molar-refractivity contribution in [2.75, 3.05) is 5.73 Å². The molecule has 5 nitrogen and oxygen atoms in total. The highest BCUT2D eigenvalue weighted by atomic mass is 16.1. The van der Waals surface area contributed by atoms with E-state index in [0.717, 1.165) is 22.6 Å². The van der Waals surface area contributed by atoms with Gasteiger partial charge in [0.15, 0.2) is 11.6 Å². The molecule has 0 unspecified atom stereocenters. The van der Waals surface area contributed by atoms with Crippen LogP contribution in [0.4, 0.5) is 5.69 Å². The van der Waals surface area contributed by atoms with E-state index in [1.165, 1.54) is 0 Å². The van der Waals surface area contributed by atoms with Gasteiger partial charge in [0.05, 0.1) is 22.4 Å². The van der Waals surface area contributed by atoms with E-state index in [-0.39, 0.29) is 11.7 Å². The number of aromatic nitrogens is 3. The smallest absolute Gasteiger partial charge is 0.165 e. The molecule has 0 radical (unpaired) electrons. The molecule has 0 aliphatic carbocycles. The van der Waals surface area contributed by atoms with Crippen molar-refractivity contribution >= 4 is 22.5 Å². The molecule has 3 N–H and O–H groups in total. The number of nitrogens with one attached hydrogen (secondary N) is 1. The van der Waals surface area contributed by atoms with Crippen molar-refractivity contribution in [1.82, 2.24) is 14.5 Å². The minimum absolute atomic E-state index is 0.0162. The first-order chi connectivity index (χ1) is 9.95. The number of ketones is 1. The summed E-state index contributed by atoms with van der Waals surface area (Å²) in [6.07, 6.45) is 1.84. The third-order valence-corrected chi connectivity index (χ3v) is 3.56. The third-order valence-electron chi connectivity index (χ3n) is 3.56. The molecule has 0 aliphatic rings. The normalized spacial score (nSPS) is 11.4. The Morgan fingerprint density at radius 3 is 2.71 bits per heavy atom. The number of Topliss-reactive ketones (excluding diaryl/α,β-unsaturated/α-hetero) is 1. The number of carbonyl (C=O) groups is 1. The molecule has 0 aliphatic heterocycles.